The molecule has 3 rings (SSSR count). The number of rotatable bonds is 10. The van der Waals surface area contributed by atoms with Crippen molar-refractivity contribution in [2.24, 2.45) is 7.05 Å². The average molecular weight is 455 g/mol. The van der Waals surface area contributed by atoms with Gasteiger partial charge in [0.25, 0.3) is 0 Å². The van der Waals surface area contributed by atoms with Crippen LogP contribution in [0.1, 0.15) is 56.1 Å². The van der Waals surface area contributed by atoms with Crippen molar-refractivity contribution in [2.45, 2.75) is 58.7 Å². The Morgan fingerprint density at radius 1 is 1.15 bits per heavy atom. The van der Waals surface area contributed by atoms with Crippen LogP contribution in [-0.4, -0.2) is 57.5 Å². The van der Waals surface area contributed by atoms with E-state index in [4.69, 9.17) is 4.74 Å². The summed E-state index contributed by atoms with van der Waals surface area (Å²) in [6.07, 6.45) is 4.69. The van der Waals surface area contributed by atoms with Crippen LogP contribution in [0.4, 0.5) is 10.5 Å². The fourth-order valence-electron chi connectivity index (χ4n) is 3.63. The average Bonchev–Trinajstić information content (AvgIpc) is 3.57. The van der Waals surface area contributed by atoms with E-state index in [1.165, 1.54) is 0 Å². The monoisotopic (exact) mass is 454 g/mol. The molecule has 1 aromatic carbocycles. The van der Waals surface area contributed by atoms with E-state index in [1.807, 2.05) is 48.7 Å². The fraction of sp³-hybridized carbons (Fsp3) is 0.480. The zero-order chi connectivity index (χ0) is 24.0. The molecule has 178 valence electrons. The first-order valence-corrected chi connectivity index (χ1v) is 11.6. The number of carbonyl (C=O) groups is 3. The minimum absolute atomic E-state index is 0.0165. The summed E-state index contributed by atoms with van der Waals surface area (Å²) in [4.78, 5) is 41.7. The highest BCUT2D eigenvalue weighted by Gasteiger charge is 2.34. The van der Waals surface area contributed by atoms with Crippen molar-refractivity contribution in [1.82, 2.24) is 14.4 Å². The number of carbonyl (C=O) groups excluding carboxylic acids is 3. The van der Waals surface area contributed by atoms with Gasteiger partial charge >= 0.3 is 12.0 Å². The van der Waals surface area contributed by atoms with Crippen LogP contribution < -0.4 is 5.32 Å². The molecule has 33 heavy (non-hydrogen) atoms. The molecule has 1 aromatic heterocycles. The topological polar surface area (TPSA) is 83.9 Å². The molecule has 1 aliphatic rings. The predicted molar refractivity (Wildman–Crippen MR) is 127 cm³/mol. The quantitative estimate of drug-likeness (QED) is 0.550. The zero-order valence-corrected chi connectivity index (χ0v) is 19.9. The maximum absolute atomic E-state index is 13.3. The van der Waals surface area contributed by atoms with Crippen molar-refractivity contribution in [3.8, 4) is 0 Å². The summed E-state index contributed by atoms with van der Waals surface area (Å²) in [6.45, 7) is 6.54. The normalized spacial score (nSPS) is 13.8. The third-order valence-corrected chi connectivity index (χ3v) is 6.03. The van der Waals surface area contributed by atoms with Crippen LogP contribution in [0.3, 0.4) is 0 Å². The number of nitrogens with one attached hydrogen (secondary N) is 1. The minimum atomic E-state index is -0.402. The Labute approximate surface area is 195 Å². The van der Waals surface area contributed by atoms with Crippen molar-refractivity contribution in [1.29, 1.82) is 0 Å². The standard InChI is InChI=1S/C25H34N4O4/c1-5-18(3)28(25(32)26-20-11-9-19(10-12-20)24(31)33-6-2)17-23(30)29(21-13-14-21)16-22-8-7-15-27(22)4/h7-12,15,18,21H,5-6,13-14,16-17H2,1-4H3,(H,26,32). The molecule has 1 heterocycles. The molecule has 1 unspecified atom stereocenters. The summed E-state index contributed by atoms with van der Waals surface area (Å²) in [5.41, 5.74) is 2.04. The van der Waals surface area contributed by atoms with Crippen LogP contribution in [0.5, 0.6) is 0 Å². The molecule has 1 saturated carbocycles. The second-order valence-corrected chi connectivity index (χ2v) is 8.48. The molecule has 2 aromatic rings. The van der Waals surface area contributed by atoms with Crippen molar-refractivity contribution < 1.29 is 19.1 Å². The number of ether oxygens (including phenoxy) is 1. The number of hydrogen-bond acceptors (Lipinski definition) is 4. The largest absolute Gasteiger partial charge is 0.462 e. The number of aromatic nitrogens is 1. The molecule has 0 bridgehead atoms. The van der Waals surface area contributed by atoms with Gasteiger partial charge in [-0.05, 0) is 69.5 Å². The van der Waals surface area contributed by atoms with Crippen molar-refractivity contribution >= 4 is 23.6 Å². The van der Waals surface area contributed by atoms with E-state index in [2.05, 4.69) is 5.32 Å². The Morgan fingerprint density at radius 2 is 1.85 bits per heavy atom. The van der Waals surface area contributed by atoms with Gasteiger partial charge in [-0.2, -0.15) is 0 Å². The van der Waals surface area contributed by atoms with Crippen molar-refractivity contribution in [3.05, 3.63) is 53.9 Å². The Morgan fingerprint density at radius 3 is 2.39 bits per heavy atom. The molecular weight excluding hydrogens is 420 g/mol. The third kappa shape index (κ3) is 6.37. The van der Waals surface area contributed by atoms with Crippen LogP contribution in [0, 0.1) is 0 Å². The Balaban J connectivity index is 1.68. The van der Waals surface area contributed by atoms with Crippen molar-refractivity contribution in [3.63, 3.8) is 0 Å². The van der Waals surface area contributed by atoms with E-state index in [0.717, 1.165) is 25.0 Å². The molecule has 0 spiro atoms. The van der Waals surface area contributed by atoms with Gasteiger partial charge in [-0.15, -0.1) is 0 Å². The molecule has 1 fully saturated rings. The van der Waals surface area contributed by atoms with Gasteiger partial charge in [-0.25, -0.2) is 9.59 Å². The van der Waals surface area contributed by atoms with Gasteiger partial charge in [0.15, 0.2) is 0 Å². The van der Waals surface area contributed by atoms with Gasteiger partial charge < -0.3 is 24.4 Å². The van der Waals surface area contributed by atoms with Gasteiger partial charge in [0, 0.05) is 36.7 Å². The fourth-order valence-corrected chi connectivity index (χ4v) is 3.63. The van der Waals surface area contributed by atoms with Crippen LogP contribution in [-0.2, 0) is 23.1 Å². The van der Waals surface area contributed by atoms with Crippen molar-refractivity contribution in [2.75, 3.05) is 18.5 Å². The number of aryl methyl sites for hydroxylation is 1. The molecular formula is C25H34N4O4. The lowest BCUT2D eigenvalue weighted by atomic mass is 10.2. The van der Waals surface area contributed by atoms with E-state index in [9.17, 15) is 14.4 Å². The lowest BCUT2D eigenvalue weighted by Gasteiger charge is -2.31. The van der Waals surface area contributed by atoms with E-state index < -0.39 is 5.97 Å². The highest BCUT2D eigenvalue weighted by molar-refractivity contribution is 5.94. The molecule has 1 atom stereocenters. The van der Waals surface area contributed by atoms with Crippen LogP contribution in [0.25, 0.3) is 0 Å². The third-order valence-electron chi connectivity index (χ3n) is 6.03. The molecule has 1 N–H and O–H groups in total. The van der Waals surface area contributed by atoms with Gasteiger partial charge in [0.2, 0.25) is 5.91 Å². The molecule has 1 aliphatic carbocycles. The second-order valence-electron chi connectivity index (χ2n) is 8.48. The number of esters is 1. The first kappa shape index (κ1) is 24.4. The number of benzene rings is 1. The number of anilines is 1. The first-order chi connectivity index (χ1) is 15.8. The van der Waals surface area contributed by atoms with Gasteiger partial charge in [-0.1, -0.05) is 6.92 Å². The van der Waals surface area contributed by atoms with E-state index in [0.29, 0.717) is 24.4 Å². The molecule has 0 radical (unpaired) electrons. The van der Waals surface area contributed by atoms with Crippen LogP contribution in [0.15, 0.2) is 42.6 Å². The molecule has 8 heteroatoms. The molecule has 3 amide bonds. The molecule has 0 saturated heterocycles. The molecule has 0 aliphatic heterocycles. The Kier molecular flexibility index (Phi) is 8.14. The lowest BCUT2D eigenvalue weighted by Crippen LogP contribution is -2.48. The Hall–Kier alpha value is -3.29. The van der Waals surface area contributed by atoms with Crippen LogP contribution >= 0.6 is 0 Å². The van der Waals surface area contributed by atoms with E-state index in [1.54, 1.807) is 36.1 Å². The van der Waals surface area contributed by atoms with Gasteiger partial charge in [-0.3, -0.25) is 4.79 Å². The maximum Gasteiger partial charge on any atom is 0.338 e. The van der Waals surface area contributed by atoms with Gasteiger partial charge in [0.1, 0.15) is 6.54 Å². The lowest BCUT2D eigenvalue weighted by molar-refractivity contribution is -0.133. The summed E-state index contributed by atoms with van der Waals surface area (Å²) in [6, 6.07) is 10.3. The number of amides is 3. The van der Waals surface area contributed by atoms with E-state index >= 15 is 0 Å². The highest BCUT2D eigenvalue weighted by Crippen LogP contribution is 2.29. The highest BCUT2D eigenvalue weighted by atomic mass is 16.5. The van der Waals surface area contributed by atoms with Gasteiger partial charge in [0.05, 0.1) is 18.7 Å². The zero-order valence-electron chi connectivity index (χ0n) is 19.9. The minimum Gasteiger partial charge on any atom is -0.462 e. The Bertz CT molecular complexity index is 965. The predicted octanol–water partition coefficient (Wildman–Crippen LogP) is 4.03. The summed E-state index contributed by atoms with van der Waals surface area (Å²) in [5.74, 6) is -0.451. The summed E-state index contributed by atoms with van der Waals surface area (Å²) in [7, 11) is 1.97. The first-order valence-electron chi connectivity index (χ1n) is 11.6. The summed E-state index contributed by atoms with van der Waals surface area (Å²) in [5, 5.41) is 2.86. The number of hydrogen-bond donors (Lipinski definition) is 1. The maximum atomic E-state index is 13.3. The van der Waals surface area contributed by atoms with E-state index in [-0.39, 0.29) is 30.6 Å². The summed E-state index contributed by atoms with van der Waals surface area (Å²) < 4.78 is 7.01. The second kappa shape index (κ2) is 11.0. The number of urea groups is 1. The molecule has 8 nitrogen and oxygen atoms in total. The SMILES string of the molecule is CCOC(=O)c1ccc(NC(=O)N(CC(=O)N(Cc2cccn2C)C2CC2)C(C)CC)cc1. The number of nitrogens with zero attached hydrogens (tertiary/aromatic N) is 3. The van der Waals surface area contributed by atoms with Crippen LogP contribution in [0.2, 0.25) is 0 Å². The summed E-state index contributed by atoms with van der Waals surface area (Å²) >= 11 is 0. The smallest absolute Gasteiger partial charge is 0.338 e.